The van der Waals surface area contributed by atoms with Crippen LogP contribution in [-0.2, 0) is 4.79 Å². The summed E-state index contributed by atoms with van der Waals surface area (Å²) in [6.45, 7) is -0.271. The highest BCUT2D eigenvalue weighted by Gasteiger charge is 2.32. The first-order chi connectivity index (χ1) is 14.0. The Hall–Kier alpha value is -2.72. The smallest absolute Gasteiger partial charge is 0.492 e. The van der Waals surface area contributed by atoms with Crippen LogP contribution >= 0.6 is 27.5 Å². The van der Waals surface area contributed by atoms with Crippen LogP contribution in [0.1, 0.15) is 6.42 Å². The van der Waals surface area contributed by atoms with Gasteiger partial charge in [-0.25, -0.2) is 0 Å². The van der Waals surface area contributed by atoms with Gasteiger partial charge in [0.2, 0.25) is 0 Å². The van der Waals surface area contributed by atoms with E-state index in [1.165, 1.54) is 12.1 Å². The van der Waals surface area contributed by atoms with Crippen molar-refractivity contribution < 1.29 is 37.0 Å². The lowest BCUT2D eigenvalue weighted by Crippen LogP contribution is -2.17. The molecule has 0 amide bonds. The number of ether oxygens (including phenoxy) is 2. The molecule has 11 heteroatoms. The second-order valence-electron chi connectivity index (χ2n) is 5.91. The van der Waals surface area contributed by atoms with E-state index in [9.17, 15) is 22.8 Å². The van der Waals surface area contributed by atoms with Crippen molar-refractivity contribution in [1.29, 1.82) is 0 Å². The van der Waals surface area contributed by atoms with Gasteiger partial charge in [0.1, 0.15) is 17.3 Å². The number of para-hydroxylation sites is 1. The van der Waals surface area contributed by atoms with Crippen molar-refractivity contribution in [2.75, 3.05) is 6.61 Å². The Labute approximate surface area is 179 Å². The molecule has 0 saturated carbocycles. The fourth-order valence-electron chi connectivity index (χ4n) is 2.57. The number of carbonyl (C=O) groups is 1. The number of aliphatic carboxylic acids is 1. The van der Waals surface area contributed by atoms with E-state index in [1.54, 1.807) is 6.07 Å². The molecule has 1 aromatic heterocycles. The van der Waals surface area contributed by atoms with Crippen LogP contribution in [0.2, 0.25) is 5.02 Å². The van der Waals surface area contributed by atoms with E-state index < -0.39 is 23.5 Å². The summed E-state index contributed by atoms with van der Waals surface area (Å²) in [6, 6.07) is 7.73. The Morgan fingerprint density at radius 1 is 1.20 bits per heavy atom. The Bertz CT molecular complexity index is 1180. The molecular weight excluding hydrogens is 497 g/mol. The van der Waals surface area contributed by atoms with Gasteiger partial charge in [-0.2, -0.15) is 0 Å². The summed E-state index contributed by atoms with van der Waals surface area (Å²) < 4.78 is 53.2. The molecule has 158 valence electrons. The molecule has 0 saturated heterocycles. The monoisotopic (exact) mass is 506 g/mol. The van der Waals surface area contributed by atoms with Gasteiger partial charge in [0.05, 0.1) is 33.5 Å². The molecule has 6 nitrogen and oxygen atoms in total. The SMILES string of the molecule is O=C(O)CCOc1cc(Br)c(OC(F)(F)F)cc1-c1cc(=O)c2cccc(Cl)c2o1. The maximum absolute atomic E-state index is 12.7. The van der Waals surface area contributed by atoms with E-state index in [0.29, 0.717) is 0 Å². The lowest BCUT2D eigenvalue weighted by molar-refractivity contribution is -0.274. The molecule has 0 fully saturated rings. The van der Waals surface area contributed by atoms with Crippen molar-refractivity contribution >= 4 is 44.5 Å². The highest BCUT2D eigenvalue weighted by atomic mass is 79.9. The van der Waals surface area contributed by atoms with Gasteiger partial charge in [-0.3, -0.25) is 9.59 Å². The van der Waals surface area contributed by atoms with E-state index in [-0.39, 0.29) is 50.6 Å². The largest absolute Gasteiger partial charge is 0.573 e. The maximum Gasteiger partial charge on any atom is 0.573 e. The fraction of sp³-hybridized carbons (Fsp3) is 0.158. The van der Waals surface area contributed by atoms with Crippen LogP contribution in [0.15, 0.2) is 50.1 Å². The molecule has 1 heterocycles. The van der Waals surface area contributed by atoms with E-state index in [1.807, 2.05) is 0 Å². The summed E-state index contributed by atoms with van der Waals surface area (Å²) in [6.07, 6.45) is -5.33. The Kier molecular flexibility index (Phi) is 6.27. The molecule has 0 spiro atoms. The van der Waals surface area contributed by atoms with Crippen LogP contribution in [0.3, 0.4) is 0 Å². The van der Waals surface area contributed by atoms with Crippen LogP contribution < -0.4 is 14.9 Å². The van der Waals surface area contributed by atoms with Crippen LogP contribution in [0.5, 0.6) is 11.5 Å². The van der Waals surface area contributed by atoms with Gasteiger partial charge in [-0.15, -0.1) is 13.2 Å². The highest BCUT2D eigenvalue weighted by Crippen LogP contribution is 2.41. The molecule has 0 aliphatic heterocycles. The summed E-state index contributed by atoms with van der Waals surface area (Å²) in [5.41, 5.74) is -0.493. The average molecular weight is 508 g/mol. The molecule has 3 aromatic rings. The number of rotatable bonds is 6. The third-order valence-electron chi connectivity index (χ3n) is 3.81. The standard InChI is InChI=1S/C19H11BrClF3O6/c20-11-7-14(28-5-4-17(26)27)10(6-16(11)30-19(22,23)24)15-8-13(25)9-2-1-3-12(21)18(9)29-15/h1-3,6-8H,4-5H2,(H,26,27). The highest BCUT2D eigenvalue weighted by molar-refractivity contribution is 9.10. The van der Waals surface area contributed by atoms with Gasteiger partial charge in [0.25, 0.3) is 0 Å². The molecule has 0 atom stereocenters. The first-order valence-corrected chi connectivity index (χ1v) is 9.39. The summed E-state index contributed by atoms with van der Waals surface area (Å²) in [7, 11) is 0. The van der Waals surface area contributed by atoms with E-state index in [2.05, 4.69) is 20.7 Å². The number of alkyl halides is 3. The Balaban J connectivity index is 2.18. The lowest BCUT2D eigenvalue weighted by Gasteiger charge is -2.16. The third-order valence-corrected chi connectivity index (χ3v) is 4.72. The van der Waals surface area contributed by atoms with Crippen molar-refractivity contribution in [1.82, 2.24) is 0 Å². The van der Waals surface area contributed by atoms with Crippen molar-refractivity contribution in [3.63, 3.8) is 0 Å². The predicted octanol–water partition coefficient (Wildman–Crippen LogP) is 5.63. The van der Waals surface area contributed by atoms with Crippen LogP contribution in [-0.4, -0.2) is 24.0 Å². The minimum absolute atomic E-state index is 0.0211. The summed E-state index contributed by atoms with van der Waals surface area (Å²) in [5.74, 6) is -1.89. The molecule has 0 radical (unpaired) electrons. The van der Waals surface area contributed by atoms with E-state index in [4.69, 9.17) is 25.9 Å². The Morgan fingerprint density at radius 2 is 1.93 bits per heavy atom. The number of carboxylic acids is 1. The Morgan fingerprint density at radius 3 is 2.60 bits per heavy atom. The van der Waals surface area contributed by atoms with Gasteiger partial charge in [0, 0.05) is 6.07 Å². The summed E-state index contributed by atoms with van der Waals surface area (Å²) >= 11 is 9.04. The molecule has 0 bridgehead atoms. The average Bonchev–Trinajstić information content (AvgIpc) is 2.63. The summed E-state index contributed by atoms with van der Waals surface area (Å²) in [4.78, 5) is 23.2. The quantitative estimate of drug-likeness (QED) is 0.466. The summed E-state index contributed by atoms with van der Waals surface area (Å²) in [5, 5.41) is 9.09. The molecule has 0 unspecified atom stereocenters. The predicted molar refractivity (Wildman–Crippen MR) is 105 cm³/mol. The van der Waals surface area contributed by atoms with E-state index >= 15 is 0 Å². The van der Waals surface area contributed by atoms with Gasteiger partial charge < -0.3 is 19.0 Å². The molecular formula is C19H11BrClF3O6. The molecule has 0 aliphatic carbocycles. The third kappa shape index (κ3) is 5.06. The number of halogens is 5. The molecule has 1 N–H and O–H groups in total. The number of fused-ring (bicyclic) bond motifs is 1. The van der Waals surface area contributed by atoms with Crippen LogP contribution in [0.25, 0.3) is 22.3 Å². The van der Waals surface area contributed by atoms with Crippen molar-refractivity contribution in [3.05, 3.63) is 56.1 Å². The lowest BCUT2D eigenvalue weighted by atomic mass is 10.1. The zero-order valence-electron chi connectivity index (χ0n) is 14.8. The van der Waals surface area contributed by atoms with Crippen LogP contribution in [0, 0.1) is 0 Å². The van der Waals surface area contributed by atoms with Crippen molar-refractivity contribution in [3.8, 4) is 22.8 Å². The van der Waals surface area contributed by atoms with Gasteiger partial charge in [-0.1, -0.05) is 17.7 Å². The molecule has 3 rings (SSSR count). The fourth-order valence-corrected chi connectivity index (χ4v) is 3.19. The first kappa shape index (κ1) is 22.0. The minimum atomic E-state index is -4.97. The molecule has 2 aromatic carbocycles. The first-order valence-electron chi connectivity index (χ1n) is 8.22. The van der Waals surface area contributed by atoms with Crippen molar-refractivity contribution in [2.45, 2.75) is 12.8 Å². The maximum atomic E-state index is 12.7. The minimum Gasteiger partial charge on any atom is -0.492 e. The van der Waals surface area contributed by atoms with Gasteiger partial charge >= 0.3 is 12.3 Å². The number of hydrogen-bond donors (Lipinski definition) is 1. The zero-order chi connectivity index (χ0) is 22.1. The number of benzene rings is 2. The second kappa shape index (κ2) is 8.57. The second-order valence-corrected chi connectivity index (χ2v) is 7.17. The number of hydrogen-bond acceptors (Lipinski definition) is 5. The van der Waals surface area contributed by atoms with Gasteiger partial charge in [0.15, 0.2) is 11.0 Å². The normalized spacial score (nSPS) is 11.5. The zero-order valence-corrected chi connectivity index (χ0v) is 17.1. The molecule has 0 aliphatic rings. The van der Waals surface area contributed by atoms with Crippen molar-refractivity contribution in [2.24, 2.45) is 0 Å². The number of carboxylic acid groups (broad SMARTS) is 1. The topological polar surface area (TPSA) is 86.0 Å². The van der Waals surface area contributed by atoms with E-state index in [0.717, 1.165) is 18.2 Å². The van der Waals surface area contributed by atoms with Crippen LogP contribution in [0.4, 0.5) is 13.2 Å². The van der Waals surface area contributed by atoms with Gasteiger partial charge in [-0.05, 0) is 40.2 Å². The molecule has 30 heavy (non-hydrogen) atoms.